The van der Waals surface area contributed by atoms with Crippen molar-refractivity contribution in [2.24, 2.45) is 0 Å². The summed E-state index contributed by atoms with van der Waals surface area (Å²) in [5, 5.41) is 6.81. The maximum Gasteiger partial charge on any atom is 0.258 e. The molecule has 0 unspecified atom stereocenters. The Labute approximate surface area is 128 Å². The van der Waals surface area contributed by atoms with Crippen molar-refractivity contribution in [2.45, 2.75) is 39.3 Å². The summed E-state index contributed by atoms with van der Waals surface area (Å²) in [5.41, 5.74) is 2.67. The Kier molecular flexibility index (Phi) is 3.70. The first-order valence-electron chi connectivity index (χ1n) is 7.28. The van der Waals surface area contributed by atoms with Gasteiger partial charge in [0, 0.05) is 12.5 Å². The number of benzene rings is 1. The monoisotopic (exact) mass is 301 g/mol. The lowest BCUT2D eigenvalue weighted by Crippen LogP contribution is -2.40. The highest BCUT2D eigenvalue weighted by molar-refractivity contribution is 5.73. The molecule has 1 aromatic heterocycles. The lowest BCUT2D eigenvalue weighted by atomic mass is 10.0. The van der Waals surface area contributed by atoms with Crippen molar-refractivity contribution in [1.29, 1.82) is 0 Å². The zero-order valence-corrected chi connectivity index (χ0v) is 13.0. The van der Waals surface area contributed by atoms with Gasteiger partial charge >= 0.3 is 0 Å². The van der Waals surface area contributed by atoms with E-state index in [9.17, 15) is 4.79 Å². The van der Waals surface area contributed by atoms with Crippen molar-refractivity contribution in [3.05, 3.63) is 35.2 Å². The Balaban J connectivity index is 1.89. The SMILES string of the molecule is CC(=O)NC(C)(C)c1noc(-c2ccc3c(c2)CCOC3)n1. The Morgan fingerprint density at radius 1 is 1.32 bits per heavy atom. The summed E-state index contributed by atoms with van der Waals surface area (Å²) in [4.78, 5) is 15.7. The fraction of sp³-hybridized carbons (Fsp3) is 0.438. The predicted octanol–water partition coefficient (Wildman–Crippen LogP) is 2.18. The van der Waals surface area contributed by atoms with Crippen LogP contribution < -0.4 is 5.32 Å². The fourth-order valence-electron chi connectivity index (χ4n) is 2.59. The van der Waals surface area contributed by atoms with Gasteiger partial charge in [0.25, 0.3) is 5.89 Å². The van der Waals surface area contributed by atoms with Crippen LogP contribution in [-0.4, -0.2) is 22.7 Å². The summed E-state index contributed by atoms with van der Waals surface area (Å²) in [5.74, 6) is 0.784. The Morgan fingerprint density at radius 2 is 2.14 bits per heavy atom. The molecule has 1 aliphatic heterocycles. The maximum atomic E-state index is 11.3. The largest absolute Gasteiger partial charge is 0.376 e. The minimum absolute atomic E-state index is 0.134. The van der Waals surface area contributed by atoms with Crippen LogP contribution in [0.15, 0.2) is 22.7 Å². The number of nitrogens with zero attached hydrogens (tertiary/aromatic N) is 2. The van der Waals surface area contributed by atoms with Crippen LogP contribution in [-0.2, 0) is 28.1 Å². The molecule has 0 fully saturated rings. The molecule has 0 bridgehead atoms. The van der Waals surface area contributed by atoms with E-state index in [1.54, 1.807) is 0 Å². The first-order chi connectivity index (χ1) is 10.5. The van der Waals surface area contributed by atoms with Gasteiger partial charge in [-0.1, -0.05) is 11.2 Å². The number of hydrogen-bond acceptors (Lipinski definition) is 5. The zero-order chi connectivity index (χ0) is 15.7. The third-order valence-electron chi connectivity index (χ3n) is 3.70. The van der Waals surface area contributed by atoms with Gasteiger partial charge in [0.2, 0.25) is 5.91 Å². The fourth-order valence-corrected chi connectivity index (χ4v) is 2.59. The van der Waals surface area contributed by atoms with Crippen molar-refractivity contribution >= 4 is 5.91 Å². The van der Waals surface area contributed by atoms with E-state index in [4.69, 9.17) is 9.26 Å². The first-order valence-corrected chi connectivity index (χ1v) is 7.28. The number of nitrogens with one attached hydrogen (secondary N) is 1. The van der Waals surface area contributed by atoms with E-state index in [0.29, 0.717) is 18.3 Å². The maximum absolute atomic E-state index is 11.3. The number of ether oxygens (including phenoxy) is 1. The van der Waals surface area contributed by atoms with Crippen molar-refractivity contribution in [3.63, 3.8) is 0 Å². The van der Waals surface area contributed by atoms with E-state index in [2.05, 4.69) is 21.5 Å². The topological polar surface area (TPSA) is 77.2 Å². The summed E-state index contributed by atoms with van der Waals surface area (Å²) in [6.07, 6.45) is 0.890. The van der Waals surface area contributed by atoms with Crippen molar-refractivity contribution in [3.8, 4) is 11.5 Å². The molecule has 1 aromatic carbocycles. The van der Waals surface area contributed by atoms with Gasteiger partial charge in [-0.15, -0.1) is 0 Å². The molecule has 0 saturated heterocycles. The molecule has 6 heteroatoms. The highest BCUT2D eigenvalue weighted by atomic mass is 16.5. The van der Waals surface area contributed by atoms with E-state index < -0.39 is 5.54 Å². The second kappa shape index (κ2) is 5.53. The molecule has 0 atom stereocenters. The van der Waals surface area contributed by atoms with Gasteiger partial charge in [-0.3, -0.25) is 4.79 Å². The number of carbonyl (C=O) groups excluding carboxylic acids is 1. The normalized spacial score (nSPS) is 14.5. The summed E-state index contributed by atoms with van der Waals surface area (Å²) in [7, 11) is 0. The third-order valence-corrected chi connectivity index (χ3v) is 3.70. The molecule has 1 aliphatic rings. The predicted molar refractivity (Wildman–Crippen MR) is 79.9 cm³/mol. The average molecular weight is 301 g/mol. The Hall–Kier alpha value is -2.21. The van der Waals surface area contributed by atoms with Gasteiger partial charge in [-0.2, -0.15) is 4.98 Å². The van der Waals surface area contributed by atoms with Gasteiger partial charge in [-0.05, 0) is 43.5 Å². The number of carbonyl (C=O) groups is 1. The minimum Gasteiger partial charge on any atom is -0.376 e. The van der Waals surface area contributed by atoms with Gasteiger partial charge in [0.1, 0.15) is 0 Å². The second-order valence-electron chi connectivity index (χ2n) is 6.02. The zero-order valence-electron chi connectivity index (χ0n) is 13.0. The third kappa shape index (κ3) is 2.87. The molecule has 1 N–H and O–H groups in total. The quantitative estimate of drug-likeness (QED) is 0.940. The summed E-state index contributed by atoms with van der Waals surface area (Å²) < 4.78 is 10.8. The van der Waals surface area contributed by atoms with Crippen LogP contribution in [0.1, 0.15) is 37.7 Å². The van der Waals surface area contributed by atoms with Crippen molar-refractivity contribution in [1.82, 2.24) is 15.5 Å². The molecule has 3 rings (SSSR count). The lowest BCUT2D eigenvalue weighted by Gasteiger charge is -2.20. The van der Waals surface area contributed by atoms with Gasteiger partial charge in [0.05, 0.1) is 18.8 Å². The number of amides is 1. The van der Waals surface area contributed by atoms with Gasteiger partial charge in [0.15, 0.2) is 5.82 Å². The standard InChI is InChI=1S/C16H19N3O3/c1-10(20)18-16(2,3)15-17-14(22-19-15)12-4-5-13-9-21-7-6-11(13)8-12/h4-5,8H,6-7,9H2,1-3H3,(H,18,20). The van der Waals surface area contributed by atoms with E-state index in [1.165, 1.54) is 18.1 Å². The van der Waals surface area contributed by atoms with Crippen molar-refractivity contribution in [2.75, 3.05) is 6.61 Å². The highest BCUT2D eigenvalue weighted by Gasteiger charge is 2.28. The smallest absolute Gasteiger partial charge is 0.258 e. The molecule has 6 nitrogen and oxygen atoms in total. The van der Waals surface area contributed by atoms with E-state index >= 15 is 0 Å². The van der Waals surface area contributed by atoms with Gasteiger partial charge < -0.3 is 14.6 Å². The minimum atomic E-state index is -0.671. The summed E-state index contributed by atoms with van der Waals surface area (Å²) in [6.45, 7) is 6.54. The number of rotatable bonds is 3. The molecule has 22 heavy (non-hydrogen) atoms. The molecular weight excluding hydrogens is 282 g/mol. The van der Waals surface area contributed by atoms with Crippen LogP contribution in [0.25, 0.3) is 11.5 Å². The molecular formula is C16H19N3O3. The average Bonchev–Trinajstić information content (AvgIpc) is 2.96. The lowest BCUT2D eigenvalue weighted by molar-refractivity contribution is -0.120. The second-order valence-corrected chi connectivity index (χ2v) is 6.02. The van der Waals surface area contributed by atoms with Crippen LogP contribution in [0.2, 0.25) is 0 Å². The molecule has 0 radical (unpaired) electrons. The first kappa shape index (κ1) is 14.7. The van der Waals surface area contributed by atoms with Gasteiger partial charge in [-0.25, -0.2) is 0 Å². The van der Waals surface area contributed by atoms with Crippen molar-refractivity contribution < 1.29 is 14.1 Å². The number of aromatic nitrogens is 2. The Bertz CT molecular complexity index is 706. The molecule has 2 heterocycles. The number of fused-ring (bicyclic) bond motifs is 1. The van der Waals surface area contributed by atoms with Crippen LogP contribution in [0.3, 0.4) is 0 Å². The molecule has 116 valence electrons. The van der Waals surface area contributed by atoms with Crippen LogP contribution in [0.5, 0.6) is 0 Å². The molecule has 1 amide bonds. The Morgan fingerprint density at radius 3 is 2.91 bits per heavy atom. The van der Waals surface area contributed by atoms with Crippen LogP contribution in [0, 0.1) is 0 Å². The summed E-state index contributed by atoms with van der Waals surface area (Å²) in [6, 6.07) is 6.06. The molecule has 0 aliphatic carbocycles. The molecule has 0 spiro atoms. The van der Waals surface area contributed by atoms with E-state index in [0.717, 1.165) is 18.6 Å². The molecule has 0 saturated carbocycles. The highest BCUT2D eigenvalue weighted by Crippen LogP contribution is 2.26. The van der Waals surface area contributed by atoms with E-state index in [1.807, 2.05) is 26.0 Å². The summed E-state index contributed by atoms with van der Waals surface area (Å²) >= 11 is 0. The van der Waals surface area contributed by atoms with Crippen LogP contribution in [0.4, 0.5) is 0 Å². The van der Waals surface area contributed by atoms with Crippen LogP contribution >= 0.6 is 0 Å². The van der Waals surface area contributed by atoms with E-state index in [-0.39, 0.29) is 5.91 Å². The molecule has 2 aromatic rings. The number of hydrogen-bond donors (Lipinski definition) is 1.